The van der Waals surface area contributed by atoms with Crippen molar-refractivity contribution >= 4 is 82.2 Å². The molecule has 6 N–H and O–H groups in total. The monoisotopic (exact) mass is 980 g/mol. The number of carboxylic acid groups (broad SMARTS) is 6. The van der Waals surface area contributed by atoms with E-state index in [4.69, 9.17) is 125 Å². The number of nitrogens with zero attached hydrogens (tertiary/aromatic N) is 6. The number of unbranched alkanes of at least 4 members (excludes halogenated alkanes) is 2. The van der Waals surface area contributed by atoms with Crippen molar-refractivity contribution < 1.29 is 78.4 Å². The molecule has 22 nitrogen and oxygen atoms in total. The van der Waals surface area contributed by atoms with E-state index in [0.717, 1.165) is 49.7 Å². The highest BCUT2D eigenvalue weighted by Gasteiger charge is 2.46. The Kier molecular flexibility index (Phi) is 23.1. The van der Waals surface area contributed by atoms with Gasteiger partial charge < -0.3 is 49.6 Å². The molecular weight excluding hydrogens is 938 g/mol. The fourth-order valence-electron chi connectivity index (χ4n) is 5.55. The van der Waals surface area contributed by atoms with Crippen LogP contribution in [-0.4, -0.2) is 121 Å². The van der Waals surface area contributed by atoms with Gasteiger partial charge >= 0.3 is 35.8 Å². The summed E-state index contributed by atoms with van der Waals surface area (Å²) in [5.41, 5.74) is 1.52. The molecule has 4 unspecified atom stereocenters. The number of aromatic nitrogens is 6. The molecule has 4 heterocycles. The number of hydrogen-bond donors (Lipinski definition) is 6. The fourth-order valence-corrected chi connectivity index (χ4v) is 6.65. The standard InChI is InChI=1S/2C16H19Cl2N3O2.3C2H2O4/c2*1-2-3-4-13-8-22-16(23-13,9-21-11-19-10-20-21)14-6-5-12(17)7-15(14)18;3*3-1(4)2(5)6/h2*5-7,10-11,13H,2-4,8-9H2,1H3;3*(H,3,4)(H,5,6). The van der Waals surface area contributed by atoms with Crippen molar-refractivity contribution in [2.45, 2.75) is 89.2 Å². The van der Waals surface area contributed by atoms with Crippen molar-refractivity contribution in [1.29, 1.82) is 0 Å². The maximum Gasteiger partial charge on any atom is 0.414 e. The number of benzene rings is 2. The van der Waals surface area contributed by atoms with E-state index in [1.165, 1.54) is 12.7 Å². The van der Waals surface area contributed by atoms with Crippen LogP contribution in [0.1, 0.15) is 63.5 Å². The predicted molar refractivity (Wildman–Crippen MR) is 223 cm³/mol. The van der Waals surface area contributed by atoms with Crippen LogP contribution < -0.4 is 0 Å². The largest absolute Gasteiger partial charge is 0.473 e. The number of carboxylic acids is 6. The summed E-state index contributed by atoms with van der Waals surface area (Å²) in [6.45, 7) is 6.17. The zero-order valence-corrected chi connectivity index (χ0v) is 37.0. The third-order valence-corrected chi connectivity index (χ3v) is 9.48. The van der Waals surface area contributed by atoms with E-state index in [0.29, 0.717) is 46.4 Å². The molecule has 4 aromatic rings. The molecule has 0 bridgehead atoms. The van der Waals surface area contributed by atoms with E-state index in [-0.39, 0.29) is 12.2 Å². The smallest absolute Gasteiger partial charge is 0.414 e. The summed E-state index contributed by atoms with van der Waals surface area (Å²) < 4.78 is 28.1. The van der Waals surface area contributed by atoms with Gasteiger partial charge in [-0.1, -0.05) is 98.1 Å². The van der Waals surface area contributed by atoms with Crippen LogP contribution in [0.4, 0.5) is 0 Å². The van der Waals surface area contributed by atoms with Crippen LogP contribution in [0.2, 0.25) is 20.1 Å². The normalized spacial score (nSPS) is 19.5. The molecule has 2 aromatic carbocycles. The van der Waals surface area contributed by atoms with Gasteiger partial charge in [-0.2, -0.15) is 10.2 Å². The van der Waals surface area contributed by atoms with Crippen LogP contribution in [0, 0.1) is 0 Å². The van der Waals surface area contributed by atoms with Crippen molar-refractivity contribution in [2.75, 3.05) is 13.2 Å². The molecule has 0 aliphatic carbocycles. The van der Waals surface area contributed by atoms with Crippen molar-refractivity contribution in [3.63, 3.8) is 0 Å². The molecule has 2 aliphatic heterocycles. The summed E-state index contributed by atoms with van der Waals surface area (Å²) in [6.07, 6.45) is 12.7. The molecule has 0 spiro atoms. The summed E-state index contributed by atoms with van der Waals surface area (Å²) in [5, 5.41) is 54.9. The first-order valence-electron chi connectivity index (χ1n) is 18.8. The summed E-state index contributed by atoms with van der Waals surface area (Å²) in [4.78, 5) is 62.6. The van der Waals surface area contributed by atoms with Gasteiger partial charge in [0.15, 0.2) is 0 Å². The molecule has 26 heteroatoms. The Labute approximate surface area is 384 Å². The Hall–Kier alpha value is -5.46. The molecule has 2 aromatic heterocycles. The van der Waals surface area contributed by atoms with Crippen LogP contribution in [0.25, 0.3) is 0 Å². The second-order valence-corrected chi connectivity index (χ2v) is 14.8. The van der Waals surface area contributed by atoms with Gasteiger partial charge in [-0.15, -0.1) is 0 Å². The number of ether oxygens (including phenoxy) is 4. The van der Waals surface area contributed by atoms with Crippen LogP contribution in [0.15, 0.2) is 61.7 Å². The van der Waals surface area contributed by atoms with Crippen LogP contribution in [0.3, 0.4) is 0 Å². The first-order valence-corrected chi connectivity index (χ1v) is 20.3. The molecule has 350 valence electrons. The highest BCUT2D eigenvalue weighted by atomic mass is 35.5. The van der Waals surface area contributed by atoms with E-state index in [1.54, 1.807) is 46.3 Å². The van der Waals surface area contributed by atoms with E-state index in [1.807, 2.05) is 12.1 Å². The van der Waals surface area contributed by atoms with Gasteiger partial charge in [0.05, 0.1) is 35.5 Å². The number of rotatable bonds is 12. The second kappa shape index (κ2) is 27.0. The topological polar surface area (TPSA) is 322 Å². The lowest BCUT2D eigenvalue weighted by Gasteiger charge is -2.29. The third-order valence-electron chi connectivity index (χ3n) is 8.38. The summed E-state index contributed by atoms with van der Waals surface area (Å²) >= 11 is 24.8. The summed E-state index contributed by atoms with van der Waals surface area (Å²) in [6, 6.07) is 10.7. The van der Waals surface area contributed by atoms with Gasteiger partial charge in [-0.05, 0) is 37.1 Å². The Balaban J connectivity index is 0.000000320. The SMILES string of the molecule is CCCCC1COC(Cn2cncn2)(c2ccc(Cl)cc2Cl)O1.CCCCC1COC(Cn2cncn2)(c2ccc(Cl)cc2Cl)O1.O=C(O)C(=O)O.O=C(O)C(=O)O.O=C(O)C(=O)O. The van der Waals surface area contributed by atoms with E-state index in [9.17, 15) is 0 Å². The lowest BCUT2D eigenvalue weighted by molar-refractivity contribution is -0.189. The number of carbonyl (C=O) groups is 6. The fraction of sp³-hybridized carbons (Fsp3) is 0.421. The molecule has 4 atom stereocenters. The first kappa shape index (κ1) is 54.7. The molecule has 2 saturated heterocycles. The molecule has 0 saturated carbocycles. The van der Waals surface area contributed by atoms with E-state index >= 15 is 0 Å². The predicted octanol–water partition coefficient (Wildman–Crippen LogP) is 5.55. The first-order chi connectivity index (χ1) is 30.2. The van der Waals surface area contributed by atoms with Gasteiger partial charge in [0.25, 0.3) is 0 Å². The zero-order chi connectivity index (χ0) is 48.0. The maximum absolute atomic E-state index is 9.10. The van der Waals surface area contributed by atoms with Crippen molar-refractivity contribution in [2.24, 2.45) is 0 Å². The van der Waals surface area contributed by atoms with Crippen molar-refractivity contribution in [1.82, 2.24) is 29.5 Å². The van der Waals surface area contributed by atoms with Gasteiger partial charge in [-0.3, -0.25) is 0 Å². The Morgan fingerprint density at radius 3 is 1.17 bits per heavy atom. The average Bonchev–Trinajstić information content (AvgIpc) is 4.07. The zero-order valence-electron chi connectivity index (χ0n) is 34.0. The van der Waals surface area contributed by atoms with E-state index in [2.05, 4.69) is 34.0 Å². The van der Waals surface area contributed by atoms with E-state index < -0.39 is 47.4 Å². The summed E-state index contributed by atoms with van der Waals surface area (Å²) in [5.74, 6) is -12.9. The van der Waals surface area contributed by atoms with Gasteiger partial charge in [0.2, 0.25) is 11.6 Å². The van der Waals surface area contributed by atoms with Gasteiger partial charge in [-0.25, -0.2) is 48.1 Å². The minimum absolute atomic E-state index is 0.0465. The Bertz CT molecular complexity index is 1940. The van der Waals surface area contributed by atoms with Crippen LogP contribution in [0.5, 0.6) is 0 Å². The molecule has 6 rings (SSSR count). The lowest BCUT2D eigenvalue weighted by atomic mass is 10.1. The molecule has 0 amide bonds. The molecule has 64 heavy (non-hydrogen) atoms. The van der Waals surface area contributed by atoms with Crippen LogP contribution in [-0.2, 0) is 72.4 Å². The maximum atomic E-state index is 9.10. The minimum Gasteiger partial charge on any atom is -0.473 e. The Morgan fingerprint density at radius 1 is 0.594 bits per heavy atom. The lowest BCUT2D eigenvalue weighted by Crippen LogP contribution is -2.34. The quantitative estimate of drug-likeness (QED) is 0.0947. The van der Waals surface area contributed by atoms with Gasteiger partial charge in [0, 0.05) is 21.2 Å². The summed E-state index contributed by atoms with van der Waals surface area (Å²) in [7, 11) is 0. The molecule has 2 aliphatic rings. The second-order valence-electron chi connectivity index (χ2n) is 13.2. The van der Waals surface area contributed by atoms with Gasteiger partial charge in [0.1, 0.15) is 38.4 Å². The molecule has 2 fully saturated rings. The third kappa shape index (κ3) is 18.0. The number of aliphatic carboxylic acids is 6. The highest BCUT2D eigenvalue weighted by Crippen LogP contribution is 2.42. The van der Waals surface area contributed by atoms with Crippen LogP contribution >= 0.6 is 46.4 Å². The average molecular weight is 983 g/mol. The Morgan fingerprint density at radius 2 is 0.922 bits per heavy atom. The van der Waals surface area contributed by atoms with Crippen molar-refractivity contribution in [3.05, 3.63) is 92.9 Å². The number of halogens is 4. The number of hydrogen-bond acceptors (Lipinski definition) is 14. The minimum atomic E-state index is -1.82. The molecule has 0 radical (unpaired) electrons. The van der Waals surface area contributed by atoms with Crippen molar-refractivity contribution in [3.8, 4) is 0 Å². The highest BCUT2D eigenvalue weighted by molar-refractivity contribution is 6.35. The molecular formula is C38H44Cl4N6O16.